The first-order chi connectivity index (χ1) is 15.4. The Labute approximate surface area is 187 Å². The number of pyridine rings is 1. The van der Waals surface area contributed by atoms with E-state index in [1.807, 2.05) is 38.1 Å². The molecule has 1 saturated heterocycles. The maximum absolute atomic E-state index is 12.3. The Hall–Kier alpha value is -3.52. The summed E-state index contributed by atoms with van der Waals surface area (Å²) in [5.74, 6) is 1.22. The molecule has 1 aromatic carbocycles. The highest BCUT2D eigenvalue weighted by molar-refractivity contribution is 5.99. The van der Waals surface area contributed by atoms with Crippen LogP contribution in [0.1, 0.15) is 31.0 Å². The fraction of sp³-hybridized carbons (Fsp3) is 0.333. The van der Waals surface area contributed by atoms with Gasteiger partial charge in [0.2, 0.25) is 0 Å². The van der Waals surface area contributed by atoms with Crippen molar-refractivity contribution in [2.45, 2.75) is 39.2 Å². The van der Waals surface area contributed by atoms with Gasteiger partial charge in [0.05, 0.1) is 30.0 Å². The third-order valence-electron chi connectivity index (χ3n) is 5.52. The molecular formula is C24H28N6O2. The number of nitrogens with one attached hydrogen (secondary N) is 3. The molecule has 8 nitrogen and oxygen atoms in total. The Morgan fingerprint density at radius 3 is 2.75 bits per heavy atom. The number of aryl methyl sites for hydroxylation is 2. The Morgan fingerprint density at radius 2 is 2.03 bits per heavy atom. The summed E-state index contributed by atoms with van der Waals surface area (Å²) in [5, 5.41) is 8.96. The summed E-state index contributed by atoms with van der Waals surface area (Å²) in [7, 11) is 0. The summed E-state index contributed by atoms with van der Waals surface area (Å²) < 4.78 is 6.09. The average molecular weight is 433 g/mol. The van der Waals surface area contributed by atoms with Gasteiger partial charge in [-0.2, -0.15) is 0 Å². The molecule has 0 unspecified atom stereocenters. The molecule has 4 rings (SSSR count). The van der Waals surface area contributed by atoms with Crippen molar-refractivity contribution in [2.24, 2.45) is 0 Å². The first-order valence-corrected chi connectivity index (χ1v) is 10.7. The molecule has 0 radical (unpaired) electrons. The van der Waals surface area contributed by atoms with E-state index in [4.69, 9.17) is 4.74 Å². The van der Waals surface area contributed by atoms with Gasteiger partial charge < -0.3 is 15.4 Å². The van der Waals surface area contributed by atoms with Crippen LogP contribution in [-0.2, 0) is 0 Å². The average Bonchev–Trinajstić information content (AvgIpc) is 3.21. The monoisotopic (exact) mass is 432 g/mol. The maximum atomic E-state index is 12.3. The SMILES string of the molecule is Cc1ccc(NC(=O)Nc2cncc(-c3ccc(OC[C@]4(C)CCCN4)c(C)c3)n2)cn1. The van der Waals surface area contributed by atoms with Crippen molar-refractivity contribution in [2.75, 3.05) is 23.8 Å². The van der Waals surface area contributed by atoms with Crippen LogP contribution in [0.3, 0.4) is 0 Å². The molecular weight excluding hydrogens is 404 g/mol. The van der Waals surface area contributed by atoms with Crippen molar-refractivity contribution in [1.29, 1.82) is 0 Å². The molecule has 2 aromatic heterocycles. The summed E-state index contributed by atoms with van der Waals surface area (Å²) in [6.45, 7) is 7.78. The van der Waals surface area contributed by atoms with Crippen molar-refractivity contribution in [3.63, 3.8) is 0 Å². The van der Waals surface area contributed by atoms with E-state index in [1.54, 1.807) is 18.5 Å². The summed E-state index contributed by atoms with van der Waals surface area (Å²) in [4.78, 5) is 25.2. The predicted octanol–water partition coefficient (Wildman–Crippen LogP) is 4.32. The second-order valence-corrected chi connectivity index (χ2v) is 8.42. The number of aromatic nitrogens is 3. The summed E-state index contributed by atoms with van der Waals surface area (Å²) in [6.07, 6.45) is 7.09. The molecule has 3 heterocycles. The Balaban J connectivity index is 1.41. The van der Waals surface area contributed by atoms with Gasteiger partial charge in [0.1, 0.15) is 12.4 Å². The van der Waals surface area contributed by atoms with Crippen LogP contribution in [0.2, 0.25) is 0 Å². The number of carbonyl (C=O) groups is 1. The second-order valence-electron chi connectivity index (χ2n) is 8.42. The quantitative estimate of drug-likeness (QED) is 0.536. The lowest BCUT2D eigenvalue weighted by atomic mass is 10.0. The zero-order chi connectivity index (χ0) is 22.6. The molecule has 8 heteroatoms. The van der Waals surface area contributed by atoms with E-state index in [2.05, 4.69) is 37.8 Å². The third kappa shape index (κ3) is 5.39. The minimum Gasteiger partial charge on any atom is -0.491 e. The van der Waals surface area contributed by atoms with Crippen molar-refractivity contribution in [3.05, 3.63) is 60.2 Å². The molecule has 3 N–H and O–H groups in total. The highest BCUT2D eigenvalue weighted by Crippen LogP contribution is 2.27. The summed E-state index contributed by atoms with van der Waals surface area (Å²) in [6, 6.07) is 9.15. The predicted molar refractivity (Wildman–Crippen MR) is 125 cm³/mol. The Kier molecular flexibility index (Phi) is 6.32. The number of ether oxygens (including phenoxy) is 1. The Bertz CT molecular complexity index is 1090. The molecule has 0 spiro atoms. The number of urea groups is 1. The minimum absolute atomic E-state index is 0.0335. The Morgan fingerprint density at radius 1 is 1.16 bits per heavy atom. The van der Waals surface area contributed by atoms with Crippen LogP contribution in [0.4, 0.5) is 16.3 Å². The first kappa shape index (κ1) is 21.7. The van der Waals surface area contributed by atoms with Crippen LogP contribution in [-0.4, -0.2) is 39.7 Å². The van der Waals surface area contributed by atoms with Gasteiger partial charge in [-0.05, 0) is 76.1 Å². The van der Waals surface area contributed by atoms with Gasteiger partial charge in [-0.25, -0.2) is 9.78 Å². The zero-order valence-corrected chi connectivity index (χ0v) is 18.6. The van der Waals surface area contributed by atoms with Crippen LogP contribution in [0.25, 0.3) is 11.3 Å². The number of amides is 2. The molecule has 0 saturated carbocycles. The van der Waals surface area contributed by atoms with Crippen LogP contribution in [0.15, 0.2) is 48.9 Å². The number of hydrogen-bond donors (Lipinski definition) is 3. The fourth-order valence-corrected chi connectivity index (χ4v) is 3.67. The highest BCUT2D eigenvalue weighted by atomic mass is 16.5. The molecule has 1 aliphatic rings. The van der Waals surface area contributed by atoms with Gasteiger partial charge in [0, 0.05) is 16.8 Å². The lowest BCUT2D eigenvalue weighted by Crippen LogP contribution is -2.42. The van der Waals surface area contributed by atoms with Crippen LogP contribution >= 0.6 is 0 Å². The van der Waals surface area contributed by atoms with Gasteiger partial charge >= 0.3 is 6.03 Å². The topological polar surface area (TPSA) is 101 Å². The number of nitrogens with zero attached hydrogens (tertiary/aromatic N) is 3. The molecule has 32 heavy (non-hydrogen) atoms. The maximum Gasteiger partial charge on any atom is 0.324 e. The van der Waals surface area contributed by atoms with E-state index < -0.39 is 6.03 Å². The lowest BCUT2D eigenvalue weighted by Gasteiger charge is -2.25. The summed E-state index contributed by atoms with van der Waals surface area (Å²) in [5.41, 5.74) is 4.11. The van der Waals surface area contributed by atoms with Gasteiger partial charge in [-0.15, -0.1) is 0 Å². The number of rotatable bonds is 6. The van der Waals surface area contributed by atoms with Gasteiger partial charge in [-0.3, -0.25) is 15.3 Å². The van der Waals surface area contributed by atoms with Crippen molar-refractivity contribution >= 4 is 17.5 Å². The summed E-state index contributed by atoms with van der Waals surface area (Å²) >= 11 is 0. The van der Waals surface area contributed by atoms with Crippen LogP contribution in [0, 0.1) is 13.8 Å². The normalized spacial score (nSPS) is 17.7. The van der Waals surface area contributed by atoms with E-state index in [-0.39, 0.29) is 5.54 Å². The smallest absolute Gasteiger partial charge is 0.324 e. The molecule has 166 valence electrons. The van der Waals surface area contributed by atoms with E-state index >= 15 is 0 Å². The second kappa shape index (κ2) is 9.32. The van der Waals surface area contributed by atoms with Gasteiger partial charge in [0.15, 0.2) is 5.82 Å². The lowest BCUT2D eigenvalue weighted by molar-refractivity contribution is 0.211. The highest BCUT2D eigenvalue weighted by Gasteiger charge is 2.28. The molecule has 1 aliphatic heterocycles. The van der Waals surface area contributed by atoms with E-state index in [1.165, 1.54) is 12.6 Å². The number of anilines is 2. The molecule has 1 fully saturated rings. The standard InChI is InChI=1S/C24H28N6O2/c1-16-11-18(6-8-21(16)32-15-24(3)9-4-10-27-24)20-13-25-14-22(29-20)30-23(31)28-19-7-5-17(2)26-12-19/h5-8,11-14,27H,4,9-10,15H2,1-3H3,(H2,28,29,30,31)/t24-/m0/s1. The van der Waals surface area contributed by atoms with E-state index in [0.29, 0.717) is 23.8 Å². The van der Waals surface area contributed by atoms with Crippen molar-refractivity contribution < 1.29 is 9.53 Å². The van der Waals surface area contributed by atoms with Crippen molar-refractivity contribution in [1.82, 2.24) is 20.3 Å². The molecule has 0 aliphatic carbocycles. The number of hydrogen-bond acceptors (Lipinski definition) is 6. The van der Waals surface area contributed by atoms with E-state index in [9.17, 15) is 4.79 Å². The number of benzene rings is 1. The molecule has 0 bridgehead atoms. The van der Waals surface area contributed by atoms with Gasteiger partial charge in [-0.1, -0.05) is 0 Å². The fourth-order valence-electron chi connectivity index (χ4n) is 3.67. The third-order valence-corrected chi connectivity index (χ3v) is 5.52. The van der Waals surface area contributed by atoms with Crippen LogP contribution < -0.4 is 20.7 Å². The van der Waals surface area contributed by atoms with Gasteiger partial charge in [0.25, 0.3) is 0 Å². The molecule has 3 aromatic rings. The minimum atomic E-state index is -0.406. The first-order valence-electron chi connectivity index (χ1n) is 10.7. The largest absolute Gasteiger partial charge is 0.491 e. The molecule has 2 amide bonds. The van der Waals surface area contributed by atoms with Crippen molar-refractivity contribution in [3.8, 4) is 17.0 Å². The number of carbonyl (C=O) groups excluding carboxylic acids is 1. The zero-order valence-electron chi connectivity index (χ0n) is 18.6. The molecule has 1 atom stereocenters. The van der Waals surface area contributed by atoms with E-state index in [0.717, 1.165) is 35.5 Å². The van der Waals surface area contributed by atoms with Crippen LogP contribution in [0.5, 0.6) is 5.75 Å².